The molecule has 0 amide bonds. The fourth-order valence-corrected chi connectivity index (χ4v) is 6.22. The minimum Gasteiger partial charge on any atom is -0.392 e. The average molecular weight is 404 g/mol. The molecule has 6 heteroatoms. The van der Waals surface area contributed by atoms with Gasteiger partial charge in [-0.25, -0.2) is 0 Å². The van der Waals surface area contributed by atoms with Crippen LogP contribution in [0.5, 0.6) is 0 Å². The van der Waals surface area contributed by atoms with Gasteiger partial charge < -0.3 is 19.6 Å². The molecule has 6 nitrogen and oxygen atoms in total. The molecule has 0 aromatic rings. The van der Waals surface area contributed by atoms with E-state index < -0.39 is 0 Å². The zero-order chi connectivity index (χ0) is 19.8. The lowest BCUT2D eigenvalue weighted by atomic mass is 9.79. The van der Waals surface area contributed by atoms with E-state index in [9.17, 15) is 4.79 Å². The monoisotopic (exact) mass is 403 g/mol. The van der Waals surface area contributed by atoms with Gasteiger partial charge in [0.25, 0.3) is 0 Å². The van der Waals surface area contributed by atoms with E-state index in [1.807, 2.05) is 0 Å². The first-order valence-corrected chi connectivity index (χ1v) is 11.8. The average Bonchev–Trinajstić information content (AvgIpc) is 3.55. The number of hydrogen-bond donors (Lipinski definition) is 1. The number of piperidine rings is 7. The molecule has 10 heterocycles. The Labute approximate surface area is 174 Å². The molecule has 1 unspecified atom stereocenters. The van der Waals surface area contributed by atoms with Crippen LogP contribution in [0.2, 0.25) is 0 Å². The highest BCUT2D eigenvalue weighted by molar-refractivity contribution is 5.84. The summed E-state index contributed by atoms with van der Waals surface area (Å²) in [7, 11) is 0. The van der Waals surface area contributed by atoms with Gasteiger partial charge in [0.1, 0.15) is 11.4 Å². The fourth-order valence-electron chi connectivity index (χ4n) is 6.22. The Kier molecular flexibility index (Phi) is 5.71. The summed E-state index contributed by atoms with van der Waals surface area (Å²) in [5.41, 5.74) is 1.62. The third-order valence-corrected chi connectivity index (χ3v) is 8.35. The molecule has 10 rings (SSSR count). The van der Waals surface area contributed by atoms with Crippen LogP contribution in [0.3, 0.4) is 0 Å². The predicted octanol–water partition coefficient (Wildman–Crippen LogP) is 1.35. The number of ether oxygens (including phenoxy) is 1. The van der Waals surface area contributed by atoms with Crippen LogP contribution >= 0.6 is 0 Å². The first kappa shape index (κ1) is 20.0. The summed E-state index contributed by atoms with van der Waals surface area (Å²) in [6.45, 7) is 10.7. The van der Waals surface area contributed by atoms with Gasteiger partial charge >= 0.3 is 0 Å². The van der Waals surface area contributed by atoms with Crippen LogP contribution in [-0.2, 0) is 9.53 Å². The number of hydrogen-bond acceptors (Lipinski definition) is 6. The minimum absolute atomic E-state index is 0.265. The molecule has 1 N–H and O–H groups in total. The van der Waals surface area contributed by atoms with E-state index >= 15 is 0 Å². The van der Waals surface area contributed by atoms with Crippen LogP contribution < -0.4 is 0 Å². The van der Waals surface area contributed by atoms with E-state index in [1.54, 1.807) is 0 Å². The van der Waals surface area contributed by atoms with Crippen LogP contribution in [0, 0.1) is 17.8 Å². The van der Waals surface area contributed by atoms with Crippen LogP contribution in [0.1, 0.15) is 38.5 Å². The Morgan fingerprint density at radius 2 is 1.55 bits per heavy atom. The van der Waals surface area contributed by atoms with Crippen molar-refractivity contribution in [2.45, 2.75) is 44.1 Å². The Hall–Kier alpha value is -0.950. The van der Waals surface area contributed by atoms with E-state index in [2.05, 4.69) is 20.9 Å². The van der Waals surface area contributed by atoms with Crippen LogP contribution in [-0.4, -0.2) is 96.8 Å². The van der Waals surface area contributed by atoms with Crippen LogP contribution in [0.4, 0.5) is 0 Å². The van der Waals surface area contributed by atoms with Gasteiger partial charge in [0, 0.05) is 31.8 Å². The lowest BCUT2D eigenvalue weighted by Gasteiger charge is -2.43. The molecule has 8 saturated heterocycles. The SMILES string of the molecule is C1CN2CCC1C1(CO1)C2.O=C1CN2CCC1CC2.OCC1=CN2CCC1CC2. The quantitative estimate of drug-likeness (QED) is 0.667. The molecule has 0 saturated carbocycles. The second kappa shape index (κ2) is 8.29. The van der Waals surface area contributed by atoms with Gasteiger partial charge in [0.15, 0.2) is 0 Å². The summed E-state index contributed by atoms with van der Waals surface area (Å²) in [6.07, 6.45) is 9.67. The van der Waals surface area contributed by atoms with Crippen molar-refractivity contribution >= 4 is 5.78 Å². The maximum atomic E-state index is 11.0. The van der Waals surface area contributed by atoms with Crippen molar-refractivity contribution in [1.29, 1.82) is 0 Å². The van der Waals surface area contributed by atoms with Gasteiger partial charge in [-0.1, -0.05) is 0 Å². The zero-order valence-electron chi connectivity index (χ0n) is 17.7. The van der Waals surface area contributed by atoms with E-state index in [0.717, 1.165) is 45.0 Å². The smallest absolute Gasteiger partial charge is 0.149 e. The number of nitrogens with zero attached hydrogens (tertiary/aromatic N) is 3. The molecule has 162 valence electrons. The second-order valence-electron chi connectivity index (χ2n) is 10.1. The highest BCUT2D eigenvalue weighted by Crippen LogP contribution is 2.46. The van der Waals surface area contributed by atoms with Crippen molar-refractivity contribution in [3.63, 3.8) is 0 Å². The molecule has 0 aromatic heterocycles. The Bertz CT molecular complexity index is 623. The number of Topliss-reactive ketones (excluding diaryl/α,β-unsaturated/α-hetero) is 1. The summed E-state index contributed by atoms with van der Waals surface area (Å²) in [4.78, 5) is 18.1. The lowest BCUT2D eigenvalue weighted by molar-refractivity contribution is -0.130. The first-order valence-electron chi connectivity index (χ1n) is 11.8. The number of aliphatic hydroxyl groups excluding tert-OH is 1. The van der Waals surface area contributed by atoms with Crippen LogP contribution in [0.15, 0.2) is 11.8 Å². The third kappa shape index (κ3) is 4.27. The first-order chi connectivity index (χ1) is 14.1. The highest BCUT2D eigenvalue weighted by Gasteiger charge is 2.56. The summed E-state index contributed by atoms with van der Waals surface area (Å²) in [5.74, 6) is 2.54. The Morgan fingerprint density at radius 3 is 1.83 bits per heavy atom. The molecule has 6 bridgehead atoms. The van der Waals surface area contributed by atoms with E-state index in [4.69, 9.17) is 9.84 Å². The van der Waals surface area contributed by atoms with E-state index in [1.165, 1.54) is 64.0 Å². The van der Waals surface area contributed by atoms with Crippen molar-refractivity contribution in [3.8, 4) is 0 Å². The largest absolute Gasteiger partial charge is 0.392 e. The number of epoxide rings is 1. The van der Waals surface area contributed by atoms with Gasteiger partial charge in [-0.15, -0.1) is 0 Å². The van der Waals surface area contributed by atoms with Crippen molar-refractivity contribution in [1.82, 2.24) is 14.7 Å². The molecule has 8 fully saturated rings. The van der Waals surface area contributed by atoms with Gasteiger partial charge in [-0.05, 0) is 82.1 Å². The van der Waals surface area contributed by atoms with Crippen molar-refractivity contribution in [2.24, 2.45) is 17.8 Å². The fraction of sp³-hybridized carbons (Fsp3) is 0.870. The second-order valence-corrected chi connectivity index (χ2v) is 10.1. The number of carbonyl (C=O) groups is 1. The molecular weight excluding hydrogens is 366 g/mol. The summed E-state index contributed by atoms with van der Waals surface area (Å²) in [5, 5.41) is 8.92. The number of aliphatic hydroxyl groups is 1. The molecule has 0 aliphatic carbocycles. The summed E-state index contributed by atoms with van der Waals surface area (Å²) < 4.78 is 5.53. The number of fused-ring (bicyclic) bond motifs is 7. The minimum atomic E-state index is 0.265. The van der Waals surface area contributed by atoms with E-state index in [0.29, 0.717) is 23.2 Å². The normalized spacial score (nSPS) is 41.5. The van der Waals surface area contributed by atoms with Crippen molar-refractivity contribution in [3.05, 3.63) is 11.8 Å². The molecule has 1 spiro atoms. The number of carbonyl (C=O) groups excluding carboxylic acids is 1. The van der Waals surface area contributed by atoms with Gasteiger partial charge in [-0.3, -0.25) is 9.69 Å². The van der Waals surface area contributed by atoms with Crippen LogP contribution in [0.25, 0.3) is 0 Å². The summed E-state index contributed by atoms with van der Waals surface area (Å²) >= 11 is 0. The molecule has 10 aliphatic rings. The molecule has 0 aromatic carbocycles. The Morgan fingerprint density at radius 1 is 0.931 bits per heavy atom. The highest BCUT2D eigenvalue weighted by atomic mass is 16.6. The van der Waals surface area contributed by atoms with Gasteiger partial charge in [0.2, 0.25) is 0 Å². The Balaban J connectivity index is 0.0000000941. The molecule has 0 radical (unpaired) electrons. The standard InChI is InChI=1S/2C8H13NO.C7H11NO/c1-3-9-4-2-7(1)8(5-9)6-10-8;10-6-8-5-9-3-1-7(8)2-4-9;9-7-5-8-3-1-6(7)2-4-8/h7H,1-6H2;5,7,10H,1-4,6H2;6H,1-5H2. The number of rotatable bonds is 1. The third-order valence-electron chi connectivity index (χ3n) is 8.35. The number of ketones is 1. The van der Waals surface area contributed by atoms with Gasteiger partial charge in [0.05, 0.1) is 19.8 Å². The van der Waals surface area contributed by atoms with Gasteiger partial charge in [-0.2, -0.15) is 0 Å². The maximum Gasteiger partial charge on any atom is 0.149 e. The zero-order valence-corrected chi connectivity index (χ0v) is 17.7. The summed E-state index contributed by atoms with van der Waals surface area (Å²) in [6, 6.07) is 0. The predicted molar refractivity (Wildman–Crippen MR) is 111 cm³/mol. The van der Waals surface area contributed by atoms with Crippen molar-refractivity contribution in [2.75, 3.05) is 65.6 Å². The maximum absolute atomic E-state index is 11.0. The molecule has 1 atom stereocenters. The molecule has 29 heavy (non-hydrogen) atoms. The molecule has 10 aliphatic heterocycles. The lowest BCUT2D eigenvalue weighted by Crippen LogP contribution is -2.52. The van der Waals surface area contributed by atoms with Crippen molar-refractivity contribution < 1.29 is 14.6 Å². The topological polar surface area (TPSA) is 59.6 Å². The van der Waals surface area contributed by atoms with E-state index in [-0.39, 0.29) is 6.61 Å². The molecular formula is C23H37N3O3.